The normalized spacial score (nSPS) is 14.1. The van der Waals surface area contributed by atoms with Crippen molar-refractivity contribution >= 4 is 17.6 Å². The molecule has 284 valence electrons. The molecule has 1 aromatic heterocycles. The van der Waals surface area contributed by atoms with Crippen LogP contribution in [0.3, 0.4) is 0 Å². The van der Waals surface area contributed by atoms with Crippen molar-refractivity contribution in [2.45, 2.75) is 71.9 Å². The summed E-state index contributed by atoms with van der Waals surface area (Å²) in [6, 6.07) is 28.9. The van der Waals surface area contributed by atoms with Crippen LogP contribution in [0.2, 0.25) is 5.02 Å². The van der Waals surface area contributed by atoms with Crippen LogP contribution in [0, 0.1) is 25.2 Å². The predicted molar refractivity (Wildman–Crippen MR) is 215 cm³/mol. The monoisotopic (exact) mass is 758 g/mol. The predicted octanol–water partition coefficient (Wildman–Crippen LogP) is 8.63. The van der Waals surface area contributed by atoms with Gasteiger partial charge in [0.05, 0.1) is 16.7 Å². The van der Waals surface area contributed by atoms with Crippen molar-refractivity contribution in [3.8, 4) is 39.8 Å². The number of unbranched alkanes of at least 4 members (excludes halogenated alkanes) is 1. The highest BCUT2D eigenvalue weighted by Gasteiger charge is 2.23. The zero-order valence-electron chi connectivity index (χ0n) is 31.4. The molecule has 0 aliphatic carbocycles. The van der Waals surface area contributed by atoms with Crippen LogP contribution in [0.1, 0.15) is 64.6 Å². The number of carboxylic acid groups (broad SMARTS) is 1. The van der Waals surface area contributed by atoms with Crippen molar-refractivity contribution in [2.24, 2.45) is 0 Å². The largest absolute Gasteiger partial charge is 0.488 e. The number of nitriles is 1. The van der Waals surface area contributed by atoms with Gasteiger partial charge in [-0.15, -0.1) is 0 Å². The van der Waals surface area contributed by atoms with Gasteiger partial charge in [0, 0.05) is 62.2 Å². The molecule has 0 radical (unpaired) electrons. The number of aliphatic hydroxyl groups excluding tert-OH is 1. The number of likely N-dealkylation sites (tertiary alicyclic amines) is 1. The van der Waals surface area contributed by atoms with Crippen LogP contribution < -0.4 is 14.8 Å². The summed E-state index contributed by atoms with van der Waals surface area (Å²) in [6.45, 7) is 8.28. The first-order valence-corrected chi connectivity index (χ1v) is 19.1. The van der Waals surface area contributed by atoms with Crippen molar-refractivity contribution in [3.05, 3.63) is 135 Å². The number of aliphatic carboxylic acids is 1. The third-order valence-corrected chi connectivity index (χ3v) is 10.4. The Morgan fingerprint density at radius 1 is 0.909 bits per heavy atom. The Hall–Kier alpha value is -5.24. The molecule has 3 N–H and O–H groups in total. The van der Waals surface area contributed by atoms with Crippen molar-refractivity contribution in [1.82, 2.24) is 15.2 Å². The molecule has 1 aliphatic heterocycles. The van der Waals surface area contributed by atoms with E-state index in [1.165, 1.54) is 22.9 Å². The van der Waals surface area contributed by atoms with E-state index in [0.29, 0.717) is 48.2 Å². The Labute approximate surface area is 328 Å². The maximum absolute atomic E-state index is 10.7. The average Bonchev–Trinajstić information content (AvgIpc) is 3.60. The van der Waals surface area contributed by atoms with Gasteiger partial charge in [-0.05, 0) is 96.3 Å². The number of aliphatic hydroxyl groups is 1. The van der Waals surface area contributed by atoms with E-state index in [1.54, 1.807) is 12.3 Å². The van der Waals surface area contributed by atoms with E-state index in [4.69, 9.17) is 26.2 Å². The van der Waals surface area contributed by atoms with Crippen molar-refractivity contribution in [1.29, 1.82) is 5.26 Å². The number of hydrogen-bond acceptors (Lipinski definition) is 8. The number of benzene rings is 4. The van der Waals surface area contributed by atoms with Gasteiger partial charge >= 0.3 is 5.97 Å². The lowest BCUT2D eigenvalue weighted by molar-refractivity contribution is -0.137. The molecule has 1 saturated heterocycles. The third kappa shape index (κ3) is 10.5. The maximum Gasteiger partial charge on any atom is 0.303 e. The fraction of sp³-hybridized carbons (Fsp3) is 0.311. The smallest absolute Gasteiger partial charge is 0.303 e. The minimum atomic E-state index is -0.747. The molecule has 10 heteroatoms. The van der Waals surface area contributed by atoms with Crippen LogP contribution in [0.4, 0.5) is 0 Å². The average molecular weight is 759 g/mol. The lowest BCUT2D eigenvalue weighted by Gasteiger charge is -2.20. The third-order valence-electron chi connectivity index (χ3n) is 10.1. The Balaban J connectivity index is 1.16. The molecule has 0 bridgehead atoms. The molecule has 1 fully saturated rings. The van der Waals surface area contributed by atoms with Crippen molar-refractivity contribution < 1.29 is 24.5 Å². The molecule has 55 heavy (non-hydrogen) atoms. The summed E-state index contributed by atoms with van der Waals surface area (Å²) in [5.74, 6) is 0.381. The summed E-state index contributed by atoms with van der Waals surface area (Å²) >= 11 is 6.85. The van der Waals surface area contributed by atoms with E-state index in [0.717, 1.165) is 71.4 Å². The highest BCUT2D eigenvalue weighted by Crippen LogP contribution is 2.37. The van der Waals surface area contributed by atoms with Crippen LogP contribution >= 0.6 is 11.6 Å². The number of carboxylic acids is 1. The van der Waals surface area contributed by atoms with Gasteiger partial charge in [-0.1, -0.05) is 72.3 Å². The van der Waals surface area contributed by atoms with Crippen LogP contribution in [-0.4, -0.2) is 51.8 Å². The standard InChI is InChI=1S/C45H47ClN4O5/c1-30-36(7-5-9-40(30)41-10-6-8-39(31(41)2)35-14-12-32(13-15-35)23-48-17-4-3-11-45(52)53)29-55-44-21-43(54-28-34-19-33(22-47)24-49-25-34)37(20-42(44)46)26-50-18-16-38(51)27-50/h5-10,12-15,19-21,24-25,38,48,51H,3-4,11,16-18,23,26-29H2,1-2H3,(H,52,53)/t38-/m1/s1. The van der Waals surface area contributed by atoms with Gasteiger partial charge in [-0.3, -0.25) is 14.7 Å². The zero-order chi connectivity index (χ0) is 38.7. The number of pyridine rings is 1. The minimum absolute atomic E-state index is 0.209. The number of ether oxygens (including phenoxy) is 2. The molecule has 0 spiro atoms. The van der Waals surface area contributed by atoms with Gasteiger partial charge in [0.25, 0.3) is 0 Å². The van der Waals surface area contributed by atoms with Crippen LogP contribution in [0.15, 0.2) is 91.3 Å². The van der Waals surface area contributed by atoms with Gasteiger partial charge < -0.3 is 25.0 Å². The summed E-state index contributed by atoms with van der Waals surface area (Å²) in [5, 5.41) is 32.1. The van der Waals surface area contributed by atoms with Gasteiger partial charge in [0.15, 0.2) is 0 Å². The first-order chi connectivity index (χ1) is 26.7. The van der Waals surface area contributed by atoms with Crippen molar-refractivity contribution in [2.75, 3.05) is 19.6 Å². The van der Waals surface area contributed by atoms with E-state index in [9.17, 15) is 15.2 Å². The quantitative estimate of drug-likeness (QED) is 0.0799. The molecular formula is C45H47ClN4O5. The number of hydrogen-bond donors (Lipinski definition) is 3. The second kappa shape index (κ2) is 18.9. The Kier molecular flexibility index (Phi) is 13.5. The fourth-order valence-electron chi connectivity index (χ4n) is 7.02. The summed E-state index contributed by atoms with van der Waals surface area (Å²) in [4.78, 5) is 17.1. The number of nitrogens with one attached hydrogen (secondary N) is 1. The van der Waals surface area contributed by atoms with Gasteiger partial charge in [-0.2, -0.15) is 5.26 Å². The minimum Gasteiger partial charge on any atom is -0.488 e. The zero-order valence-corrected chi connectivity index (χ0v) is 32.1. The lowest BCUT2D eigenvalue weighted by Crippen LogP contribution is -2.22. The fourth-order valence-corrected chi connectivity index (χ4v) is 7.26. The molecule has 0 saturated carbocycles. The van der Waals surface area contributed by atoms with Gasteiger partial charge in [0.2, 0.25) is 0 Å². The molecular weight excluding hydrogens is 712 g/mol. The lowest BCUT2D eigenvalue weighted by atomic mass is 9.89. The molecule has 2 heterocycles. The molecule has 0 unspecified atom stereocenters. The summed E-state index contributed by atoms with van der Waals surface area (Å²) in [6.07, 6.45) is 5.32. The van der Waals surface area contributed by atoms with E-state index in [-0.39, 0.29) is 19.1 Å². The highest BCUT2D eigenvalue weighted by molar-refractivity contribution is 6.32. The van der Waals surface area contributed by atoms with Crippen LogP contribution in [0.25, 0.3) is 22.3 Å². The summed E-state index contributed by atoms with van der Waals surface area (Å²) in [5.41, 5.74) is 11.3. The van der Waals surface area contributed by atoms with E-state index >= 15 is 0 Å². The molecule has 9 nitrogen and oxygen atoms in total. The molecule has 5 aromatic rings. The molecule has 6 rings (SSSR count). The number of halogens is 1. The molecule has 1 aliphatic rings. The van der Waals surface area contributed by atoms with Gasteiger partial charge in [-0.25, -0.2) is 0 Å². The Morgan fingerprint density at radius 2 is 1.65 bits per heavy atom. The molecule has 1 atom stereocenters. The van der Waals surface area contributed by atoms with Crippen LogP contribution in [-0.2, 0) is 31.1 Å². The number of rotatable bonds is 17. The maximum atomic E-state index is 10.7. The Bertz CT molecular complexity index is 2150. The topological polar surface area (TPSA) is 128 Å². The summed E-state index contributed by atoms with van der Waals surface area (Å²) in [7, 11) is 0. The van der Waals surface area contributed by atoms with E-state index < -0.39 is 5.97 Å². The first-order valence-electron chi connectivity index (χ1n) is 18.7. The molecule has 4 aromatic carbocycles. The Morgan fingerprint density at radius 3 is 2.40 bits per heavy atom. The van der Waals surface area contributed by atoms with E-state index in [2.05, 4.69) is 95.8 Å². The second-order valence-electron chi connectivity index (χ2n) is 14.1. The summed E-state index contributed by atoms with van der Waals surface area (Å²) < 4.78 is 12.7. The van der Waals surface area contributed by atoms with Crippen LogP contribution in [0.5, 0.6) is 11.5 Å². The SMILES string of the molecule is Cc1c(COc2cc(OCc3cncc(C#N)c3)c(CN3CC[C@@H](O)C3)cc2Cl)cccc1-c1cccc(-c2ccc(CNCCCCC(=O)O)cc2)c1C. The highest BCUT2D eigenvalue weighted by atomic mass is 35.5. The first kappa shape index (κ1) is 39.5. The number of nitrogens with zero attached hydrogens (tertiary/aromatic N) is 3. The van der Waals surface area contributed by atoms with E-state index in [1.807, 2.05) is 12.1 Å². The second-order valence-corrected chi connectivity index (χ2v) is 14.5. The number of β-amino-alcohol motifs (C(OH)–C–C–N with tert-alkyl or cyclic N) is 1. The number of carbonyl (C=O) groups is 1. The van der Waals surface area contributed by atoms with Gasteiger partial charge in [0.1, 0.15) is 30.8 Å². The molecule has 0 amide bonds. The van der Waals surface area contributed by atoms with Crippen molar-refractivity contribution in [3.63, 3.8) is 0 Å². The number of aromatic nitrogens is 1.